The summed E-state index contributed by atoms with van der Waals surface area (Å²) in [6.45, 7) is 6.55. The van der Waals surface area contributed by atoms with E-state index in [1.807, 2.05) is 0 Å². The van der Waals surface area contributed by atoms with Gasteiger partial charge in [-0.25, -0.2) is 13.1 Å². The molecule has 0 aliphatic carbocycles. The summed E-state index contributed by atoms with van der Waals surface area (Å²) in [6.07, 6.45) is 1.98. The molecule has 2 atom stereocenters. The lowest BCUT2D eigenvalue weighted by Crippen LogP contribution is -2.51. The van der Waals surface area contributed by atoms with Gasteiger partial charge in [0.1, 0.15) is 0 Å². The van der Waals surface area contributed by atoms with Crippen molar-refractivity contribution in [3.8, 4) is 0 Å². The Morgan fingerprint density at radius 2 is 1.88 bits per heavy atom. The molecule has 0 aromatic heterocycles. The Balaban J connectivity index is 0.00000288. The summed E-state index contributed by atoms with van der Waals surface area (Å²) < 4.78 is 26.6. The minimum atomic E-state index is -3.53. The Hall–Kier alpha value is -1.15. The van der Waals surface area contributed by atoms with Crippen LogP contribution in [0.5, 0.6) is 0 Å². The summed E-state index contributed by atoms with van der Waals surface area (Å²) in [6, 6.07) is 6.17. The second-order valence-electron chi connectivity index (χ2n) is 6.27. The van der Waals surface area contributed by atoms with Crippen LogP contribution in [0.1, 0.15) is 44.0 Å². The molecule has 1 aliphatic rings. The van der Waals surface area contributed by atoms with Crippen molar-refractivity contribution in [2.45, 2.75) is 56.6 Å². The topological polar surface area (TPSA) is 87.3 Å². The van der Waals surface area contributed by atoms with Crippen molar-refractivity contribution in [3.63, 3.8) is 0 Å². The number of hydrogen-bond acceptors (Lipinski definition) is 4. The van der Waals surface area contributed by atoms with E-state index in [1.54, 1.807) is 26.0 Å². The van der Waals surface area contributed by atoms with Gasteiger partial charge in [0.2, 0.25) is 10.0 Å². The summed E-state index contributed by atoms with van der Waals surface area (Å²) in [7, 11) is -3.53. The van der Waals surface area contributed by atoms with Crippen LogP contribution >= 0.6 is 12.4 Å². The van der Waals surface area contributed by atoms with E-state index in [1.165, 1.54) is 12.1 Å². The number of piperidine rings is 1. The quantitative estimate of drug-likeness (QED) is 0.730. The van der Waals surface area contributed by atoms with Gasteiger partial charge in [-0.05, 0) is 64.4 Å². The first kappa shape index (κ1) is 20.9. The van der Waals surface area contributed by atoms with Crippen LogP contribution in [-0.2, 0) is 10.0 Å². The predicted molar refractivity (Wildman–Crippen MR) is 97.1 cm³/mol. The fraction of sp³-hybridized carbons (Fsp3) is 0.562. The molecule has 0 bridgehead atoms. The SMILES string of the molecule is CC(C)NS(=O)(=O)c1ccc(C(=O)NC2CCCNC2C)cc1.Cl. The zero-order valence-electron chi connectivity index (χ0n) is 14.2. The van der Waals surface area contributed by atoms with E-state index in [-0.39, 0.29) is 41.3 Å². The lowest BCUT2D eigenvalue weighted by Gasteiger charge is -2.30. The first-order valence-electron chi connectivity index (χ1n) is 7.96. The van der Waals surface area contributed by atoms with Crippen molar-refractivity contribution in [1.29, 1.82) is 0 Å². The zero-order valence-corrected chi connectivity index (χ0v) is 15.8. The lowest BCUT2D eigenvalue weighted by molar-refractivity contribution is 0.0919. The molecule has 1 fully saturated rings. The van der Waals surface area contributed by atoms with Crippen molar-refractivity contribution in [3.05, 3.63) is 29.8 Å². The first-order valence-corrected chi connectivity index (χ1v) is 9.44. The van der Waals surface area contributed by atoms with Crippen LogP contribution in [0.25, 0.3) is 0 Å². The highest BCUT2D eigenvalue weighted by atomic mass is 35.5. The van der Waals surface area contributed by atoms with Crippen molar-refractivity contribution >= 4 is 28.3 Å². The molecule has 2 unspecified atom stereocenters. The molecule has 136 valence electrons. The largest absolute Gasteiger partial charge is 0.348 e. The molecule has 1 heterocycles. The van der Waals surface area contributed by atoms with Crippen LogP contribution < -0.4 is 15.4 Å². The van der Waals surface area contributed by atoms with Gasteiger partial charge in [0.15, 0.2) is 0 Å². The smallest absolute Gasteiger partial charge is 0.251 e. The van der Waals surface area contributed by atoms with E-state index < -0.39 is 10.0 Å². The number of halogens is 1. The minimum Gasteiger partial charge on any atom is -0.348 e. The fourth-order valence-electron chi connectivity index (χ4n) is 2.66. The molecular weight excluding hydrogens is 350 g/mol. The zero-order chi connectivity index (χ0) is 17.0. The number of carbonyl (C=O) groups is 1. The average molecular weight is 376 g/mol. The van der Waals surface area contributed by atoms with Gasteiger partial charge < -0.3 is 10.6 Å². The summed E-state index contributed by atoms with van der Waals surface area (Å²) in [5.74, 6) is -0.175. The molecule has 0 saturated carbocycles. The molecule has 1 aromatic rings. The van der Waals surface area contributed by atoms with Crippen molar-refractivity contribution in [2.75, 3.05) is 6.54 Å². The second kappa shape index (κ2) is 8.80. The van der Waals surface area contributed by atoms with E-state index >= 15 is 0 Å². The monoisotopic (exact) mass is 375 g/mol. The Morgan fingerprint density at radius 1 is 1.25 bits per heavy atom. The third-order valence-corrected chi connectivity index (χ3v) is 5.57. The molecule has 2 rings (SSSR count). The molecule has 0 spiro atoms. The molecular formula is C16H26ClN3O3S. The first-order chi connectivity index (χ1) is 10.8. The highest BCUT2D eigenvalue weighted by molar-refractivity contribution is 7.89. The lowest BCUT2D eigenvalue weighted by atomic mass is 9.99. The number of amides is 1. The number of hydrogen-bond donors (Lipinski definition) is 3. The minimum absolute atomic E-state index is 0. The van der Waals surface area contributed by atoms with E-state index in [0.717, 1.165) is 19.4 Å². The van der Waals surface area contributed by atoms with Crippen LogP contribution in [0.2, 0.25) is 0 Å². The van der Waals surface area contributed by atoms with Gasteiger partial charge in [-0.15, -0.1) is 12.4 Å². The summed E-state index contributed by atoms with van der Waals surface area (Å²) in [4.78, 5) is 12.5. The highest BCUT2D eigenvalue weighted by Gasteiger charge is 2.23. The van der Waals surface area contributed by atoms with Gasteiger partial charge >= 0.3 is 0 Å². The van der Waals surface area contributed by atoms with Crippen molar-refractivity contribution in [2.24, 2.45) is 0 Å². The van der Waals surface area contributed by atoms with E-state index in [2.05, 4.69) is 22.3 Å². The maximum Gasteiger partial charge on any atom is 0.251 e. The molecule has 1 aromatic carbocycles. The number of benzene rings is 1. The van der Waals surface area contributed by atoms with Crippen LogP contribution in [0.4, 0.5) is 0 Å². The van der Waals surface area contributed by atoms with Crippen LogP contribution in [0.15, 0.2) is 29.2 Å². The molecule has 0 radical (unpaired) electrons. The van der Waals surface area contributed by atoms with Gasteiger partial charge in [0, 0.05) is 23.7 Å². The van der Waals surface area contributed by atoms with Crippen LogP contribution in [-0.4, -0.2) is 39.0 Å². The number of rotatable bonds is 5. The summed E-state index contributed by atoms with van der Waals surface area (Å²) in [5, 5.41) is 6.34. The normalized spacial score (nSPS) is 21.2. The average Bonchev–Trinajstić information content (AvgIpc) is 2.48. The Morgan fingerprint density at radius 3 is 2.42 bits per heavy atom. The molecule has 1 aliphatic heterocycles. The summed E-state index contributed by atoms with van der Waals surface area (Å²) >= 11 is 0. The highest BCUT2D eigenvalue weighted by Crippen LogP contribution is 2.13. The van der Waals surface area contributed by atoms with Gasteiger partial charge in [-0.1, -0.05) is 0 Å². The Kier molecular flexibility index (Phi) is 7.66. The standard InChI is InChI=1S/C16H25N3O3S.ClH/c1-11(2)19-23(21,22)14-8-6-13(7-9-14)16(20)18-15-5-4-10-17-12(15)3;/h6-9,11-12,15,17,19H,4-5,10H2,1-3H3,(H,18,20);1H. The maximum absolute atomic E-state index is 12.3. The second-order valence-corrected chi connectivity index (χ2v) is 7.98. The predicted octanol–water partition coefficient (Wildman–Crippen LogP) is 1.67. The molecule has 8 heteroatoms. The van der Waals surface area contributed by atoms with Crippen molar-refractivity contribution in [1.82, 2.24) is 15.4 Å². The molecule has 24 heavy (non-hydrogen) atoms. The number of sulfonamides is 1. The van der Waals surface area contributed by atoms with E-state index in [4.69, 9.17) is 0 Å². The van der Waals surface area contributed by atoms with Gasteiger partial charge in [-0.3, -0.25) is 4.79 Å². The molecule has 1 amide bonds. The van der Waals surface area contributed by atoms with E-state index in [9.17, 15) is 13.2 Å². The third-order valence-electron chi connectivity index (χ3n) is 3.90. The third kappa shape index (κ3) is 5.44. The molecule has 3 N–H and O–H groups in total. The van der Waals surface area contributed by atoms with E-state index in [0.29, 0.717) is 5.56 Å². The van der Waals surface area contributed by atoms with Gasteiger partial charge in [-0.2, -0.15) is 0 Å². The number of nitrogens with one attached hydrogen (secondary N) is 3. The molecule has 1 saturated heterocycles. The van der Waals surface area contributed by atoms with Gasteiger partial charge in [0.25, 0.3) is 5.91 Å². The Bertz CT molecular complexity index is 647. The van der Waals surface area contributed by atoms with Crippen molar-refractivity contribution < 1.29 is 13.2 Å². The molecule has 6 nitrogen and oxygen atoms in total. The fourth-order valence-corrected chi connectivity index (χ4v) is 3.91. The Labute approximate surface area is 150 Å². The maximum atomic E-state index is 12.3. The van der Waals surface area contributed by atoms with Crippen LogP contribution in [0.3, 0.4) is 0 Å². The summed E-state index contributed by atoms with van der Waals surface area (Å²) in [5.41, 5.74) is 0.464. The number of carbonyl (C=O) groups excluding carboxylic acids is 1. The van der Waals surface area contributed by atoms with Crippen LogP contribution in [0, 0.1) is 0 Å². The van der Waals surface area contributed by atoms with Gasteiger partial charge in [0.05, 0.1) is 4.90 Å².